The molecule has 0 saturated carbocycles. The van der Waals surface area contributed by atoms with Gasteiger partial charge in [-0.3, -0.25) is 0 Å². The molecule has 16 heavy (non-hydrogen) atoms. The van der Waals surface area contributed by atoms with Gasteiger partial charge in [-0.1, -0.05) is 34.8 Å². The highest BCUT2D eigenvalue weighted by molar-refractivity contribution is 7.15. The van der Waals surface area contributed by atoms with E-state index in [2.05, 4.69) is 0 Å². The molecule has 2 rings (SSSR count). The van der Waals surface area contributed by atoms with Crippen molar-refractivity contribution < 1.29 is 0 Å². The molecule has 1 aromatic heterocycles. The molecule has 5 heteroatoms. The van der Waals surface area contributed by atoms with Crippen molar-refractivity contribution in [3.8, 4) is 10.4 Å². The lowest BCUT2D eigenvalue weighted by atomic mass is 10.2. The molecule has 0 amide bonds. The van der Waals surface area contributed by atoms with E-state index in [1.165, 1.54) is 0 Å². The van der Waals surface area contributed by atoms with E-state index in [1.807, 2.05) is 12.1 Å². The zero-order chi connectivity index (χ0) is 11.7. The first-order chi connectivity index (χ1) is 7.61. The summed E-state index contributed by atoms with van der Waals surface area (Å²) in [5.74, 6) is 0. The van der Waals surface area contributed by atoms with E-state index in [0.29, 0.717) is 21.6 Å². The minimum atomic E-state index is 0.464. The number of hydrogen-bond donors (Lipinski definition) is 1. The van der Waals surface area contributed by atoms with Crippen molar-refractivity contribution in [3.63, 3.8) is 0 Å². The van der Waals surface area contributed by atoms with Gasteiger partial charge in [0.15, 0.2) is 0 Å². The Labute approximate surface area is 113 Å². The van der Waals surface area contributed by atoms with Gasteiger partial charge in [-0.25, -0.2) is 0 Å². The molecule has 1 aromatic carbocycles. The number of benzene rings is 1. The molecule has 0 atom stereocenters. The normalized spacial score (nSPS) is 10.8. The van der Waals surface area contributed by atoms with Gasteiger partial charge >= 0.3 is 0 Å². The zero-order valence-corrected chi connectivity index (χ0v) is 11.2. The van der Waals surface area contributed by atoms with Gasteiger partial charge in [0.05, 0.1) is 15.1 Å². The Kier molecular flexibility index (Phi) is 3.77. The van der Waals surface area contributed by atoms with Crippen molar-refractivity contribution in [1.29, 1.82) is 0 Å². The summed E-state index contributed by atoms with van der Waals surface area (Å²) < 4.78 is 0. The number of hydrogen-bond acceptors (Lipinski definition) is 2. The highest BCUT2D eigenvalue weighted by Crippen LogP contribution is 2.38. The topological polar surface area (TPSA) is 26.0 Å². The van der Waals surface area contributed by atoms with Gasteiger partial charge in [0, 0.05) is 21.9 Å². The monoisotopic (exact) mass is 291 g/mol. The van der Waals surface area contributed by atoms with Crippen LogP contribution in [0.2, 0.25) is 15.1 Å². The maximum Gasteiger partial charge on any atom is 0.0607 e. The highest BCUT2D eigenvalue weighted by atomic mass is 35.5. The molecule has 0 radical (unpaired) electrons. The molecule has 0 aliphatic carbocycles. The second kappa shape index (κ2) is 4.94. The van der Waals surface area contributed by atoms with Crippen LogP contribution in [0.5, 0.6) is 0 Å². The minimum absolute atomic E-state index is 0.464. The van der Waals surface area contributed by atoms with E-state index in [9.17, 15) is 0 Å². The molecule has 0 spiro atoms. The van der Waals surface area contributed by atoms with E-state index in [4.69, 9.17) is 40.5 Å². The Balaban J connectivity index is 2.51. The van der Waals surface area contributed by atoms with Crippen molar-refractivity contribution in [1.82, 2.24) is 0 Å². The average Bonchev–Trinajstić information content (AvgIpc) is 2.71. The first-order valence-corrected chi connectivity index (χ1v) is 6.50. The van der Waals surface area contributed by atoms with Crippen LogP contribution in [0.3, 0.4) is 0 Å². The quantitative estimate of drug-likeness (QED) is 0.788. The lowest BCUT2D eigenvalue weighted by Gasteiger charge is -2.03. The summed E-state index contributed by atoms with van der Waals surface area (Å²) in [4.78, 5) is 2.15. The Morgan fingerprint density at radius 1 is 1.00 bits per heavy atom. The van der Waals surface area contributed by atoms with Crippen molar-refractivity contribution in [3.05, 3.63) is 44.2 Å². The molecule has 2 aromatic rings. The van der Waals surface area contributed by atoms with Gasteiger partial charge in [-0.2, -0.15) is 0 Å². The molecule has 84 valence electrons. The highest BCUT2D eigenvalue weighted by Gasteiger charge is 2.09. The second-order valence-electron chi connectivity index (χ2n) is 3.22. The number of nitrogens with two attached hydrogens (primary N) is 1. The molecule has 0 fully saturated rings. The fourth-order valence-corrected chi connectivity index (χ4v) is 2.97. The van der Waals surface area contributed by atoms with Crippen molar-refractivity contribution >= 4 is 46.1 Å². The van der Waals surface area contributed by atoms with Gasteiger partial charge in [0.25, 0.3) is 0 Å². The third-order valence-corrected chi connectivity index (χ3v) is 4.31. The van der Waals surface area contributed by atoms with E-state index in [1.54, 1.807) is 23.5 Å². The van der Waals surface area contributed by atoms with Gasteiger partial charge in [-0.15, -0.1) is 11.3 Å². The number of rotatable bonds is 2. The standard InChI is InChI=1S/C11H8Cl3NS/c12-8-4-10(14)9(13)3-7(8)11-2-1-6(5-15)16-11/h1-4H,5,15H2. The molecular weight excluding hydrogens is 285 g/mol. The van der Waals surface area contributed by atoms with Crippen LogP contribution < -0.4 is 5.73 Å². The van der Waals surface area contributed by atoms with Crippen LogP contribution >= 0.6 is 46.1 Å². The van der Waals surface area contributed by atoms with E-state index >= 15 is 0 Å². The zero-order valence-electron chi connectivity index (χ0n) is 8.14. The average molecular weight is 293 g/mol. The Morgan fingerprint density at radius 3 is 2.31 bits per heavy atom. The van der Waals surface area contributed by atoms with E-state index in [-0.39, 0.29) is 0 Å². The maximum atomic E-state index is 6.12. The van der Waals surface area contributed by atoms with Crippen LogP contribution in [0.1, 0.15) is 4.88 Å². The summed E-state index contributed by atoms with van der Waals surface area (Å²) in [6, 6.07) is 7.40. The molecule has 0 unspecified atom stereocenters. The van der Waals surface area contributed by atoms with Crippen molar-refractivity contribution in [2.24, 2.45) is 5.73 Å². The SMILES string of the molecule is NCc1ccc(-c2cc(Cl)c(Cl)cc2Cl)s1. The van der Waals surface area contributed by atoms with Crippen LogP contribution in [0.25, 0.3) is 10.4 Å². The van der Waals surface area contributed by atoms with Crippen LogP contribution in [0.4, 0.5) is 0 Å². The summed E-state index contributed by atoms with van der Waals surface area (Å²) in [5, 5.41) is 1.56. The fourth-order valence-electron chi connectivity index (χ4n) is 1.34. The predicted octanol–water partition coefficient (Wildman–Crippen LogP) is 4.83. The van der Waals surface area contributed by atoms with Crippen molar-refractivity contribution in [2.75, 3.05) is 0 Å². The number of halogens is 3. The molecule has 0 bridgehead atoms. The van der Waals surface area contributed by atoms with Crippen LogP contribution in [0.15, 0.2) is 24.3 Å². The summed E-state index contributed by atoms with van der Waals surface area (Å²) >= 11 is 19.6. The Hall–Kier alpha value is -0.250. The van der Waals surface area contributed by atoms with Gasteiger partial charge < -0.3 is 5.73 Å². The van der Waals surface area contributed by atoms with Crippen LogP contribution in [-0.4, -0.2) is 0 Å². The largest absolute Gasteiger partial charge is 0.326 e. The fraction of sp³-hybridized carbons (Fsp3) is 0.0909. The molecule has 0 saturated heterocycles. The molecule has 0 aliphatic rings. The lowest BCUT2D eigenvalue weighted by molar-refractivity contribution is 1.11. The Bertz CT molecular complexity index is 522. The first kappa shape index (κ1) is 12.2. The predicted molar refractivity (Wildman–Crippen MR) is 72.7 cm³/mol. The smallest absolute Gasteiger partial charge is 0.0607 e. The van der Waals surface area contributed by atoms with Crippen molar-refractivity contribution in [2.45, 2.75) is 6.54 Å². The van der Waals surface area contributed by atoms with Gasteiger partial charge in [0.1, 0.15) is 0 Å². The van der Waals surface area contributed by atoms with Gasteiger partial charge in [-0.05, 0) is 24.3 Å². The van der Waals surface area contributed by atoms with Gasteiger partial charge in [0.2, 0.25) is 0 Å². The third kappa shape index (κ3) is 2.36. The van der Waals surface area contributed by atoms with Crippen LogP contribution in [-0.2, 0) is 6.54 Å². The van der Waals surface area contributed by atoms with E-state index in [0.717, 1.165) is 15.3 Å². The number of thiophene rings is 1. The molecule has 0 aliphatic heterocycles. The summed E-state index contributed by atoms with van der Waals surface area (Å²) in [7, 11) is 0. The first-order valence-electron chi connectivity index (χ1n) is 4.55. The molecule has 1 heterocycles. The third-order valence-electron chi connectivity index (χ3n) is 2.14. The van der Waals surface area contributed by atoms with Crippen LogP contribution in [0, 0.1) is 0 Å². The minimum Gasteiger partial charge on any atom is -0.326 e. The van der Waals surface area contributed by atoms with E-state index < -0.39 is 0 Å². The lowest BCUT2D eigenvalue weighted by Crippen LogP contribution is -1.91. The Morgan fingerprint density at radius 2 is 1.69 bits per heavy atom. The summed E-state index contributed by atoms with van der Waals surface area (Å²) in [6.07, 6.45) is 0. The summed E-state index contributed by atoms with van der Waals surface area (Å²) in [5.41, 5.74) is 6.45. The molecule has 2 N–H and O–H groups in total. The maximum absolute atomic E-state index is 6.12. The molecule has 1 nitrogen and oxygen atoms in total. The summed E-state index contributed by atoms with van der Waals surface area (Å²) in [6.45, 7) is 0.531. The second-order valence-corrected chi connectivity index (χ2v) is 5.61. The molecular formula is C11H8Cl3NS.